The molecule has 1 amide bonds. The number of carbonyl (C=O) groups excluding carboxylic acids is 1. The maximum Gasteiger partial charge on any atom is 0.225 e. The third-order valence-electron chi connectivity index (χ3n) is 4.87. The third-order valence-corrected chi connectivity index (χ3v) is 4.87. The number of piperidine rings is 1. The summed E-state index contributed by atoms with van der Waals surface area (Å²) in [5.41, 5.74) is 0. The number of anilines is 1. The smallest absolute Gasteiger partial charge is 0.225 e. The number of nitrogens with zero attached hydrogens (tertiary/aromatic N) is 4. The molecule has 0 N–H and O–H groups in total. The summed E-state index contributed by atoms with van der Waals surface area (Å²) in [5.74, 6) is 1.92. The average molecular weight is 318 g/mol. The second-order valence-corrected chi connectivity index (χ2v) is 6.42. The van der Waals surface area contributed by atoms with Crippen molar-refractivity contribution >= 4 is 11.7 Å². The fourth-order valence-corrected chi connectivity index (χ4v) is 3.52. The molecule has 6 nitrogen and oxygen atoms in total. The third kappa shape index (κ3) is 3.99. The minimum atomic E-state index is 0.161. The normalized spacial score (nSPS) is 22.6. The van der Waals surface area contributed by atoms with E-state index in [0.717, 1.165) is 64.5 Å². The summed E-state index contributed by atoms with van der Waals surface area (Å²) >= 11 is 0. The highest BCUT2D eigenvalue weighted by Crippen LogP contribution is 2.25. The zero-order valence-corrected chi connectivity index (χ0v) is 13.9. The van der Waals surface area contributed by atoms with Gasteiger partial charge in [0.05, 0.1) is 12.8 Å². The Morgan fingerprint density at radius 3 is 2.78 bits per heavy atom. The number of likely N-dealkylation sites (tertiary alicyclic amines) is 1. The van der Waals surface area contributed by atoms with Crippen molar-refractivity contribution in [2.45, 2.75) is 26.2 Å². The van der Waals surface area contributed by atoms with Gasteiger partial charge >= 0.3 is 0 Å². The molecule has 2 fully saturated rings. The van der Waals surface area contributed by atoms with E-state index < -0.39 is 0 Å². The lowest BCUT2D eigenvalue weighted by molar-refractivity contribution is -0.135. The van der Waals surface area contributed by atoms with Crippen molar-refractivity contribution in [3.8, 4) is 0 Å². The molecule has 0 bridgehead atoms. The Balaban J connectivity index is 1.47. The minimum Gasteiger partial charge on any atom is -0.381 e. The Morgan fingerprint density at radius 1 is 1.26 bits per heavy atom. The van der Waals surface area contributed by atoms with Crippen LogP contribution in [-0.4, -0.2) is 60.2 Å². The SMILES string of the molecule is CCOCC1CCN(C(=O)C2CCN(c3cnccn3)CC2)C1. The van der Waals surface area contributed by atoms with Gasteiger partial charge in [0, 0.05) is 57.0 Å². The Bertz CT molecular complexity index is 503. The highest BCUT2D eigenvalue weighted by atomic mass is 16.5. The molecule has 2 aliphatic heterocycles. The van der Waals surface area contributed by atoms with Crippen LogP contribution in [0.2, 0.25) is 0 Å². The molecule has 3 heterocycles. The summed E-state index contributed by atoms with van der Waals surface area (Å²) in [5, 5.41) is 0. The number of rotatable bonds is 5. The molecule has 0 saturated carbocycles. The van der Waals surface area contributed by atoms with E-state index in [1.165, 1.54) is 0 Å². The van der Waals surface area contributed by atoms with Crippen molar-refractivity contribution in [2.75, 3.05) is 44.3 Å². The summed E-state index contributed by atoms with van der Waals surface area (Å²) in [6, 6.07) is 0. The van der Waals surface area contributed by atoms with Gasteiger partial charge in [-0.2, -0.15) is 0 Å². The summed E-state index contributed by atoms with van der Waals surface area (Å²) < 4.78 is 5.50. The van der Waals surface area contributed by atoms with Gasteiger partial charge in [-0.3, -0.25) is 9.78 Å². The highest BCUT2D eigenvalue weighted by Gasteiger charge is 2.33. The molecule has 1 aromatic heterocycles. The standard InChI is InChI=1S/C17H26N4O2/c1-2-23-13-14-3-8-21(12-14)17(22)15-4-9-20(10-5-15)16-11-18-6-7-19-16/h6-7,11,14-15H,2-5,8-10,12-13H2,1H3. The first-order valence-electron chi connectivity index (χ1n) is 8.65. The van der Waals surface area contributed by atoms with Gasteiger partial charge < -0.3 is 14.5 Å². The molecule has 0 spiro atoms. The molecule has 23 heavy (non-hydrogen) atoms. The van der Waals surface area contributed by atoms with Gasteiger partial charge in [-0.1, -0.05) is 0 Å². The summed E-state index contributed by atoms with van der Waals surface area (Å²) in [6.07, 6.45) is 8.08. The van der Waals surface area contributed by atoms with E-state index in [2.05, 4.69) is 14.9 Å². The van der Waals surface area contributed by atoms with Gasteiger partial charge in [0.15, 0.2) is 0 Å². The molecule has 1 unspecified atom stereocenters. The van der Waals surface area contributed by atoms with Gasteiger partial charge in [0.2, 0.25) is 5.91 Å². The average Bonchev–Trinajstić information content (AvgIpc) is 3.09. The van der Waals surface area contributed by atoms with Crippen molar-refractivity contribution in [2.24, 2.45) is 11.8 Å². The number of carbonyl (C=O) groups is 1. The van der Waals surface area contributed by atoms with Crippen LogP contribution in [0.5, 0.6) is 0 Å². The molecule has 2 aliphatic rings. The number of hydrogen-bond donors (Lipinski definition) is 0. The van der Waals surface area contributed by atoms with Crippen LogP contribution in [0.1, 0.15) is 26.2 Å². The molecule has 0 radical (unpaired) electrons. The van der Waals surface area contributed by atoms with Gasteiger partial charge in [0.25, 0.3) is 0 Å². The quantitative estimate of drug-likeness (QED) is 0.825. The lowest BCUT2D eigenvalue weighted by atomic mass is 9.95. The van der Waals surface area contributed by atoms with Crippen molar-refractivity contribution < 1.29 is 9.53 Å². The van der Waals surface area contributed by atoms with Crippen LogP contribution < -0.4 is 4.90 Å². The first-order chi connectivity index (χ1) is 11.3. The van der Waals surface area contributed by atoms with E-state index in [-0.39, 0.29) is 5.92 Å². The van der Waals surface area contributed by atoms with Crippen molar-refractivity contribution in [3.05, 3.63) is 18.6 Å². The first kappa shape index (κ1) is 16.2. The van der Waals surface area contributed by atoms with E-state index in [1.807, 2.05) is 11.8 Å². The van der Waals surface area contributed by atoms with E-state index in [4.69, 9.17) is 4.74 Å². The summed E-state index contributed by atoms with van der Waals surface area (Å²) in [6.45, 7) is 7.07. The molecular weight excluding hydrogens is 292 g/mol. The van der Waals surface area contributed by atoms with E-state index in [1.54, 1.807) is 18.6 Å². The van der Waals surface area contributed by atoms with Crippen LogP contribution in [0.15, 0.2) is 18.6 Å². The number of ether oxygens (including phenoxy) is 1. The molecule has 0 aliphatic carbocycles. The lowest BCUT2D eigenvalue weighted by Gasteiger charge is -2.33. The van der Waals surface area contributed by atoms with Gasteiger partial charge in [-0.15, -0.1) is 0 Å². The second kappa shape index (κ2) is 7.73. The van der Waals surface area contributed by atoms with E-state index in [0.29, 0.717) is 11.8 Å². The van der Waals surface area contributed by atoms with Crippen LogP contribution in [0, 0.1) is 11.8 Å². The Morgan fingerprint density at radius 2 is 2.09 bits per heavy atom. The predicted molar refractivity (Wildman–Crippen MR) is 88.1 cm³/mol. The van der Waals surface area contributed by atoms with Crippen molar-refractivity contribution in [3.63, 3.8) is 0 Å². The Labute approximate surface area is 137 Å². The van der Waals surface area contributed by atoms with Gasteiger partial charge in [-0.25, -0.2) is 4.98 Å². The molecule has 0 aromatic carbocycles. The van der Waals surface area contributed by atoms with Gasteiger partial charge in [0.1, 0.15) is 5.82 Å². The van der Waals surface area contributed by atoms with Crippen LogP contribution >= 0.6 is 0 Å². The fourth-order valence-electron chi connectivity index (χ4n) is 3.52. The number of hydrogen-bond acceptors (Lipinski definition) is 5. The fraction of sp³-hybridized carbons (Fsp3) is 0.706. The zero-order valence-electron chi connectivity index (χ0n) is 13.9. The van der Waals surface area contributed by atoms with Gasteiger partial charge in [-0.05, 0) is 26.2 Å². The zero-order chi connectivity index (χ0) is 16.1. The summed E-state index contributed by atoms with van der Waals surface area (Å²) in [4.78, 5) is 25.4. The molecular formula is C17H26N4O2. The van der Waals surface area contributed by atoms with Crippen LogP contribution in [0.4, 0.5) is 5.82 Å². The maximum absolute atomic E-state index is 12.7. The van der Waals surface area contributed by atoms with Crippen LogP contribution in [0.25, 0.3) is 0 Å². The first-order valence-corrected chi connectivity index (χ1v) is 8.65. The van der Waals surface area contributed by atoms with Crippen LogP contribution in [-0.2, 0) is 9.53 Å². The lowest BCUT2D eigenvalue weighted by Crippen LogP contribution is -2.42. The van der Waals surface area contributed by atoms with Crippen molar-refractivity contribution in [1.29, 1.82) is 0 Å². The predicted octanol–water partition coefficient (Wildman–Crippen LogP) is 1.58. The number of amides is 1. The monoisotopic (exact) mass is 318 g/mol. The van der Waals surface area contributed by atoms with Crippen molar-refractivity contribution in [1.82, 2.24) is 14.9 Å². The Hall–Kier alpha value is -1.69. The molecule has 1 aromatic rings. The number of aromatic nitrogens is 2. The topological polar surface area (TPSA) is 58.6 Å². The minimum absolute atomic E-state index is 0.161. The largest absolute Gasteiger partial charge is 0.381 e. The van der Waals surface area contributed by atoms with Crippen LogP contribution in [0.3, 0.4) is 0 Å². The van der Waals surface area contributed by atoms with E-state index >= 15 is 0 Å². The Kier molecular flexibility index (Phi) is 5.43. The molecule has 2 saturated heterocycles. The molecule has 6 heteroatoms. The maximum atomic E-state index is 12.7. The summed E-state index contributed by atoms with van der Waals surface area (Å²) in [7, 11) is 0. The molecule has 1 atom stereocenters. The highest BCUT2D eigenvalue weighted by molar-refractivity contribution is 5.79. The second-order valence-electron chi connectivity index (χ2n) is 6.42. The molecule has 3 rings (SSSR count). The van der Waals surface area contributed by atoms with E-state index in [9.17, 15) is 4.79 Å². The molecule has 126 valence electrons.